The maximum absolute atomic E-state index is 12.3. The fourth-order valence-electron chi connectivity index (χ4n) is 5.62. The highest BCUT2D eigenvalue weighted by Crippen LogP contribution is 2.42. The molecule has 5 rings (SSSR count). The van der Waals surface area contributed by atoms with Crippen molar-refractivity contribution >= 4 is 22.9 Å². The fraction of sp³-hybridized carbons (Fsp3) is 0.483. The molecule has 3 aromatic rings. The molecular formula is C29H37N7O2. The maximum Gasteiger partial charge on any atom is 0.349 e. The Hall–Kier alpha value is -3.59. The number of fused-ring (bicyclic) bond motifs is 1. The van der Waals surface area contributed by atoms with Gasteiger partial charge in [-0.2, -0.15) is 4.98 Å². The molecule has 2 aliphatic rings. The molecule has 2 atom stereocenters. The quantitative estimate of drug-likeness (QED) is 0.451. The number of hydrogen-bond donors (Lipinski definition) is 1. The molecule has 1 N–H and O–H groups in total. The van der Waals surface area contributed by atoms with E-state index in [1.165, 1.54) is 37.1 Å². The molecule has 0 spiro atoms. The first kappa shape index (κ1) is 26.0. The topological polar surface area (TPSA) is 96.3 Å². The number of carbonyl (C=O) groups excluding carboxylic acids is 1. The van der Waals surface area contributed by atoms with Crippen molar-refractivity contribution in [2.75, 3.05) is 31.5 Å². The number of aromatic nitrogens is 4. The second kappa shape index (κ2) is 11.0. The van der Waals surface area contributed by atoms with Crippen molar-refractivity contribution < 1.29 is 4.79 Å². The number of benzene rings is 1. The fourth-order valence-corrected chi connectivity index (χ4v) is 5.62. The van der Waals surface area contributed by atoms with Crippen molar-refractivity contribution in [1.29, 1.82) is 0 Å². The van der Waals surface area contributed by atoms with E-state index in [2.05, 4.69) is 62.9 Å². The zero-order valence-electron chi connectivity index (χ0n) is 22.5. The van der Waals surface area contributed by atoms with E-state index >= 15 is 0 Å². The van der Waals surface area contributed by atoms with Gasteiger partial charge in [-0.25, -0.2) is 14.8 Å². The van der Waals surface area contributed by atoms with Crippen molar-refractivity contribution in [3.63, 3.8) is 0 Å². The lowest BCUT2D eigenvalue weighted by Crippen LogP contribution is -2.51. The van der Waals surface area contributed by atoms with Crippen LogP contribution >= 0.6 is 0 Å². The molecule has 1 aromatic carbocycles. The molecule has 3 heterocycles. The molecule has 0 bridgehead atoms. The Labute approximate surface area is 223 Å². The van der Waals surface area contributed by atoms with Gasteiger partial charge in [0, 0.05) is 50.7 Å². The number of anilines is 1. The molecule has 1 unspecified atom stereocenters. The zero-order chi connectivity index (χ0) is 26.8. The van der Waals surface area contributed by atoms with Crippen LogP contribution in [-0.2, 0) is 4.79 Å². The average molecular weight is 516 g/mol. The number of amides is 1. The van der Waals surface area contributed by atoms with Gasteiger partial charge in [-0.05, 0) is 56.7 Å². The van der Waals surface area contributed by atoms with E-state index in [9.17, 15) is 9.59 Å². The van der Waals surface area contributed by atoms with Crippen LogP contribution in [0, 0.1) is 5.92 Å². The van der Waals surface area contributed by atoms with E-state index in [0.29, 0.717) is 23.6 Å². The lowest BCUT2D eigenvalue weighted by atomic mass is 9.76. The number of carbonyl (C=O) groups is 1. The maximum atomic E-state index is 12.3. The average Bonchev–Trinajstić information content (AvgIpc) is 2.90. The Morgan fingerprint density at radius 2 is 1.68 bits per heavy atom. The van der Waals surface area contributed by atoms with Gasteiger partial charge < -0.3 is 10.2 Å². The first-order valence-corrected chi connectivity index (χ1v) is 13.6. The van der Waals surface area contributed by atoms with Crippen molar-refractivity contribution in [1.82, 2.24) is 29.3 Å². The van der Waals surface area contributed by atoms with Crippen LogP contribution in [0.15, 0.2) is 54.1 Å². The number of nitrogens with zero attached hydrogens (tertiary/aromatic N) is 6. The Bertz CT molecular complexity index is 1360. The molecule has 2 fully saturated rings. The van der Waals surface area contributed by atoms with Crippen LogP contribution in [0.2, 0.25) is 0 Å². The monoisotopic (exact) mass is 515 g/mol. The second-order valence-electron chi connectivity index (χ2n) is 10.7. The van der Waals surface area contributed by atoms with Crippen molar-refractivity contribution in [3.05, 3.63) is 70.9 Å². The van der Waals surface area contributed by atoms with E-state index in [1.807, 2.05) is 18.7 Å². The van der Waals surface area contributed by atoms with Gasteiger partial charge in [0.15, 0.2) is 5.65 Å². The van der Waals surface area contributed by atoms with Crippen LogP contribution in [0.25, 0.3) is 11.0 Å². The summed E-state index contributed by atoms with van der Waals surface area (Å²) < 4.78 is 1.59. The van der Waals surface area contributed by atoms with Gasteiger partial charge in [0.25, 0.3) is 0 Å². The van der Waals surface area contributed by atoms with Crippen molar-refractivity contribution in [2.24, 2.45) is 5.92 Å². The predicted molar refractivity (Wildman–Crippen MR) is 149 cm³/mol. The van der Waals surface area contributed by atoms with Crippen LogP contribution in [0.4, 0.5) is 5.95 Å². The van der Waals surface area contributed by atoms with E-state index in [-0.39, 0.29) is 23.7 Å². The van der Waals surface area contributed by atoms with Gasteiger partial charge in [-0.1, -0.05) is 37.3 Å². The molecule has 1 saturated carbocycles. The van der Waals surface area contributed by atoms with Gasteiger partial charge in [0.2, 0.25) is 11.9 Å². The van der Waals surface area contributed by atoms with Crippen LogP contribution in [0.5, 0.6) is 0 Å². The summed E-state index contributed by atoms with van der Waals surface area (Å²) in [5.41, 5.74) is 2.75. The highest BCUT2D eigenvalue weighted by Gasteiger charge is 2.35. The summed E-state index contributed by atoms with van der Waals surface area (Å²) in [6.07, 6.45) is 8.45. The Morgan fingerprint density at radius 3 is 2.29 bits per heavy atom. The first-order chi connectivity index (χ1) is 18.4. The molecule has 9 nitrogen and oxygen atoms in total. The summed E-state index contributed by atoms with van der Waals surface area (Å²) in [6, 6.07) is 9.18. The number of rotatable bonds is 8. The van der Waals surface area contributed by atoms with E-state index in [4.69, 9.17) is 0 Å². The van der Waals surface area contributed by atoms with Gasteiger partial charge in [0.05, 0.1) is 11.4 Å². The van der Waals surface area contributed by atoms with Crippen LogP contribution in [-0.4, -0.2) is 61.4 Å². The summed E-state index contributed by atoms with van der Waals surface area (Å²) in [4.78, 5) is 41.8. The molecule has 38 heavy (non-hydrogen) atoms. The third-order valence-corrected chi connectivity index (χ3v) is 7.97. The SMILES string of the molecule is C=CC(=O)N1CCN(C(c2ccc([C@H](C)Nc3ncc4cnc(=O)n(C(C)C)c4n3)cc2)C2CCC2)CC1. The minimum absolute atomic E-state index is 0.0156. The standard InChI is InChI=1S/C29H37N7O2/c1-5-25(37)34-13-15-35(16-14-34)26(22-7-6-8-22)23-11-9-21(10-12-23)20(4)32-28-30-17-24-18-31-29(38)36(19(2)3)27(24)33-28/h5,9-12,17-20,22,26H,1,6-8,13-16H2,2-4H3,(H,30,32,33)/t20-,26?/m0/s1. The summed E-state index contributed by atoms with van der Waals surface area (Å²) in [5.74, 6) is 1.17. The first-order valence-electron chi connectivity index (χ1n) is 13.6. The minimum Gasteiger partial charge on any atom is -0.348 e. The zero-order valence-corrected chi connectivity index (χ0v) is 22.5. The second-order valence-corrected chi connectivity index (χ2v) is 10.7. The number of hydrogen-bond acceptors (Lipinski definition) is 7. The molecule has 2 aromatic heterocycles. The van der Waals surface area contributed by atoms with Crippen LogP contribution in [0.1, 0.15) is 69.3 Å². The summed E-state index contributed by atoms with van der Waals surface area (Å²) in [5, 5.41) is 4.13. The molecule has 1 amide bonds. The Balaban J connectivity index is 1.31. The van der Waals surface area contributed by atoms with Gasteiger partial charge in [0.1, 0.15) is 0 Å². The highest BCUT2D eigenvalue weighted by molar-refractivity contribution is 5.87. The van der Waals surface area contributed by atoms with Gasteiger partial charge in [-0.15, -0.1) is 0 Å². The molecule has 0 radical (unpaired) electrons. The largest absolute Gasteiger partial charge is 0.349 e. The smallest absolute Gasteiger partial charge is 0.348 e. The highest BCUT2D eigenvalue weighted by atomic mass is 16.2. The summed E-state index contributed by atoms with van der Waals surface area (Å²) in [7, 11) is 0. The lowest BCUT2D eigenvalue weighted by Gasteiger charge is -2.45. The van der Waals surface area contributed by atoms with E-state index < -0.39 is 0 Å². The third-order valence-electron chi connectivity index (χ3n) is 7.97. The van der Waals surface area contributed by atoms with E-state index in [1.54, 1.807) is 10.8 Å². The van der Waals surface area contributed by atoms with Crippen LogP contribution < -0.4 is 11.0 Å². The molecule has 9 heteroatoms. The van der Waals surface area contributed by atoms with Crippen molar-refractivity contribution in [3.8, 4) is 0 Å². The minimum atomic E-state index is -0.310. The molecule has 1 saturated heterocycles. The van der Waals surface area contributed by atoms with Crippen molar-refractivity contribution in [2.45, 2.75) is 58.2 Å². The Morgan fingerprint density at radius 1 is 1.03 bits per heavy atom. The third kappa shape index (κ3) is 5.20. The molecule has 1 aliphatic carbocycles. The predicted octanol–water partition coefficient (Wildman–Crippen LogP) is 4.11. The number of nitrogens with one attached hydrogen (secondary N) is 1. The van der Waals surface area contributed by atoms with Gasteiger partial charge in [-0.3, -0.25) is 14.3 Å². The molecule has 200 valence electrons. The van der Waals surface area contributed by atoms with E-state index in [0.717, 1.165) is 37.1 Å². The normalized spacial score (nSPS) is 18.3. The van der Waals surface area contributed by atoms with Gasteiger partial charge >= 0.3 is 5.69 Å². The lowest BCUT2D eigenvalue weighted by molar-refractivity contribution is -0.128. The Kier molecular flexibility index (Phi) is 7.56. The summed E-state index contributed by atoms with van der Waals surface area (Å²) in [6.45, 7) is 12.9. The number of piperazine rings is 1. The van der Waals surface area contributed by atoms with Crippen LogP contribution in [0.3, 0.4) is 0 Å². The summed E-state index contributed by atoms with van der Waals surface area (Å²) >= 11 is 0. The molecule has 1 aliphatic heterocycles. The molecular weight excluding hydrogens is 478 g/mol.